The van der Waals surface area contributed by atoms with Gasteiger partial charge in [0, 0.05) is 18.7 Å². The molecule has 0 saturated carbocycles. The van der Waals surface area contributed by atoms with E-state index < -0.39 is 32.0 Å². The number of benzene rings is 2. The van der Waals surface area contributed by atoms with E-state index in [9.17, 15) is 21.6 Å². The van der Waals surface area contributed by atoms with Crippen molar-refractivity contribution in [3.63, 3.8) is 0 Å². The second-order valence-electron chi connectivity index (χ2n) is 7.30. The van der Waals surface area contributed by atoms with Crippen molar-refractivity contribution in [2.75, 3.05) is 13.1 Å². The van der Waals surface area contributed by atoms with Gasteiger partial charge in [0.1, 0.15) is 0 Å². The largest absolute Gasteiger partial charge is 0.346 e. The van der Waals surface area contributed by atoms with Crippen LogP contribution in [0.15, 0.2) is 58.3 Å². The number of nitrogens with one attached hydrogen (secondary N) is 1. The Kier molecular flexibility index (Phi) is 6.61. The van der Waals surface area contributed by atoms with E-state index in [2.05, 4.69) is 5.32 Å². The second kappa shape index (κ2) is 8.84. The van der Waals surface area contributed by atoms with Gasteiger partial charge >= 0.3 is 0 Å². The maximum atomic E-state index is 12.9. The lowest BCUT2D eigenvalue weighted by Crippen LogP contribution is -2.35. The molecule has 10 heteroatoms. The summed E-state index contributed by atoms with van der Waals surface area (Å²) in [6, 6.07) is 11.5. The molecular weight excluding hydrogens is 426 g/mol. The number of hydrogen-bond acceptors (Lipinski definition) is 5. The Morgan fingerprint density at radius 3 is 2.20 bits per heavy atom. The molecule has 1 saturated heterocycles. The third kappa shape index (κ3) is 5.07. The third-order valence-electron chi connectivity index (χ3n) is 5.11. The molecule has 3 rings (SSSR count). The van der Waals surface area contributed by atoms with Gasteiger partial charge in [-0.15, -0.1) is 0 Å². The van der Waals surface area contributed by atoms with Crippen molar-refractivity contribution in [3.05, 3.63) is 59.7 Å². The van der Waals surface area contributed by atoms with Gasteiger partial charge in [0.2, 0.25) is 20.0 Å². The van der Waals surface area contributed by atoms with E-state index >= 15 is 0 Å². The van der Waals surface area contributed by atoms with Gasteiger partial charge in [0.15, 0.2) is 0 Å². The van der Waals surface area contributed by atoms with Crippen molar-refractivity contribution in [3.8, 4) is 0 Å². The number of primary sulfonamides is 1. The lowest BCUT2D eigenvalue weighted by molar-refractivity contribution is 0.0939. The summed E-state index contributed by atoms with van der Waals surface area (Å²) in [5.74, 6) is -0.422. The fourth-order valence-electron chi connectivity index (χ4n) is 3.36. The number of rotatable bonds is 6. The molecule has 0 aliphatic carbocycles. The third-order valence-corrected chi connectivity index (χ3v) is 7.93. The molecule has 1 fully saturated rings. The summed E-state index contributed by atoms with van der Waals surface area (Å²) < 4.78 is 49.9. The molecule has 2 aromatic carbocycles. The molecular formula is C20H25N3O5S2. The molecule has 2 aromatic rings. The van der Waals surface area contributed by atoms with Gasteiger partial charge in [-0.2, -0.15) is 4.31 Å². The van der Waals surface area contributed by atoms with Crippen LogP contribution in [-0.4, -0.2) is 40.1 Å². The Hall–Kier alpha value is -2.27. The van der Waals surface area contributed by atoms with E-state index in [0.29, 0.717) is 18.7 Å². The zero-order chi connectivity index (χ0) is 21.9. The topological polar surface area (TPSA) is 127 Å². The Labute approximate surface area is 177 Å². The minimum absolute atomic E-state index is 0.0135. The van der Waals surface area contributed by atoms with Gasteiger partial charge in [-0.1, -0.05) is 24.6 Å². The highest BCUT2D eigenvalue weighted by atomic mass is 32.2. The first-order valence-electron chi connectivity index (χ1n) is 9.63. The number of carbonyl (C=O) groups excluding carboxylic acids is 1. The number of carbonyl (C=O) groups is 1. The quantitative estimate of drug-likeness (QED) is 0.694. The standard InChI is InChI=1S/C20H25N3O5S2/c1-15(16-8-10-18(11-9-16)29(21,25)26)22-20(24)17-6-5-7-19(14-17)30(27,28)23-12-3-2-4-13-23/h5-11,14-15H,2-4,12-13H2,1H3,(H,22,24)(H2,21,25,26). The van der Waals surface area contributed by atoms with Gasteiger partial charge in [-0.3, -0.25) is 4.79 Å². The number of nitrogens with zero attached hydrogens (tertiary/aromatic N) is 1. The smallest absolute Gasteiger partial charge is 0.251 e. The van der Waals surface area contributed by atoms with E-state index in [-0.39, 0.29) is 15.4 Å². The van der Waals surface area contributed by atoms with Crippen LogP contribution in [0.4, 0.5) is 0 Å². The van der Waals surface area contributed by atoms with Crippen LogP contribution in [0.3, 0.4) is 0 Å². The van der Waals surface area contributed by atoms with E-state index in [4.69, 9.17) is 5.14 Å². The molecule has 1 unspecified atom stereocenters. The summed E-state index contributed by atoms with van der Waals surface area (Å²) in [4.78, 5) is 12.8. The Balaban J connectivity index is 1.75. The lowest BCUT2D eigenvalue weighted by atomic mass is 10.1. The van der Waals surface area contributed by atoms with Crippen molar-refractivity contribution in [1.82, 2.24) is 9.62 Å². The minimum Gasteiger partial charge on any atom is -0.346 e. The number of nitrogens with two attached hydrogens (primary N) is 1. The number of amides is 1. The Bertz CT molecular complexity index is 1120. The predicted octanol–water partition coefficient (Wildman–Crippen LogP) is 2.00. The van der Waals surface area contributed by atoms with Crippen LogP contribution >= 0.6 is 0 Å². The Morgan fingerprint density at radius 2 is 1.60 bits per heavy atom. The molecule has 1 heterocycles. The molecule has 30 heavy (non-hydrogen) atoms. The maximum Gasteiger partial charge on any atom is 0.251 e. The first-order chi connectivity index (χ1) is 14.1. The molecule has 1 amide bonds. The van der Waals surface area contributed by atoms with E-state index in [1.807, 2.05) is 0 Å². The maximum absolute atomic E-state index is 12.9. The number of piperidine rings is 1. The summed E-state index contributed by atoms with van der Waals surface area (Å²) >= 11 is 0. The van der Waals surface area contributed by atoms with Crippen molar-refractivity contribution in [1.29, 1.82) is 0 Å². The Morgan fingerprint density at radius 1 is 0.967 bits per heavy atom. The highest BCUT2D eigenvalue weighted by molar-refractivity contribution is 7.89. The number of hydrogen-bond donors (Lipinski definition) is 2. The molecule has 1 aliphatic rings. The van der Waals surface area contributed by atoms with Crippen LogP contribution < -0.4 is 10.5 Å². The predicted molar refractivity (Wildman–Crippen MR) is 113 cm³/mol. The normalized spacial score (nSPS) is 16.7. The van der Waals surface area contributed by atoms with Gasteiger partial charge in [0.25, 0.3) is 5.91 Å². The molecule has 162 valence electrons. The zero-order valence-corrected chi connectivity index (χ0v) is 18.2. The van der Waals surface area contributed by atoms with Gasteiger partial charge in [-0.25, -0.2) is 22.0 Å². The monoisotopic (exact) mass is 451 g/mol. The zero-order valence-electron chi connectivity index (χ0n) is 16.6. The summed E-state index contributed by atoms with van der Waals surface area (Å²) in [5.41, 5.74) is 0.925. The van der Waals surface area contributed by atoms with E-state index in [1.54, 1.807) is 31.2 Å². The molecule has 0 spiro atoms. The molecule has 1 atom stereocenters. The fourth-order valence-corrected chi connectivity index (χ4v) is 5.44. The first kappa shape index (κ1) is 22.4. The van der Waals surface area contributed by atoms with Crippen molar-refractivity contribution in [2.24, 2.45) is 5.14 Å². The van der Waals surface area contributed by atoms with Crippen LogP contribution in [-0.2, 0) is 20.0 Å². The highest BCUT2D eigenvalue weighted by Crippen LogP contribution is 2.22. The lowest BCUT2D eigenvalue weighted by Gasteiger charge is -2.26. The molecule has 8 nitrogen and oxygen atoms in total. The minimum atomic E-state index is -3.79. The van der Waals surface area contributed by atoms with E-state index in [0.717, 1.165) is 19.3 Å². The van der Waals surface area contributed by atoms with Crippen LogP contribution in [0.1, 0.15) is 48.1 Å². The molecule has 1 aliphatic heterocycles. The summed E-state index contributed by atoms with van der Waals surface area (Å²) in [6.07, 6.45) is 2.69. The molecule has 0 radical (unpaired) electrons. The average Bonchev–Trinajstić information content (AvgIpc) is 2.74. The van der Waals surface area contributed by atoms with Crippen LogP contribution in [0.25, 0.3) is 0 Å². The van der Waals surface area contributed by atoms with Gasteiger partial charge in [0.05, 0.1) is 15.8 Å². The summed E-state index contributed by atoms with van der Waals surface area (Å²) in [6.45, 7) is 2.73. The molecule has 0 aromatic heterocycles. The summed E-state index contributed by atoms with van der Waals surface area (Å²) in [7, 11) is -7.42. The molecule has 0 bridgehead atoms. The average molecular weight is 452 g/mol. The molecule has 3 N–H and O–H groups in total. The number of sulfonamides is 2. The fraction of sp³-hybridized carbons (Fsp3) is 0.350. The summed E-state index contributed by atoms with van der Waals surface area (Å²) in [5, 5.41) is 7.89. The SMILES string of the molecule is CC(NC(=O)c1cccc(S(=O)(=O)N2CCCCC2)c1)c1ccc(S(N)(=O)=O)cc1. The van der Waals surface area contributed by atoms with Crippen LogP contribution in [0.5, 0.6) is 0 Å². The van der Waals surface area contributed by atoms with Gasteiger partial charge in [-0.05, 0) is 55.7 Å². The van der Waals surface area contributed by atoms with Crippen molar-refractivity contribution >= 4 is 26.0 Å². The van der Waals surface area contributed by atoms with Gasteiger partial charge < -0.3 is 5.32 Å². The van der Waals surface area contributed by atoms with Crippen molar-refractivity contribution in [2.45, 2.75) is 42.0 Å². The van der Waals surface area contributed by atoms with E-state index in [1.165, 1.54) is 28.6 Å². The second-order valence-corrected chi connectivity index (χ2v) is 10.8. The highest BCUT2D eigenvalue weighted by Gasteiger charge is 2.26. The van der Waals surface area contributed by atoms with Crippen LogP contribution in [0, 0.1) is 0 Å². The first-order valence-corrected chi connectivity index (χ1v) is 12.6. The van der Waals surface area contributed by atoms with Crippen LogP contribution in [0.2, 0.25) is 0 Å². The van der Waals surface area contributed by atoms with Crippen molar-refractivity contribution < 1.29 is 21.6 Å².